The molecular weight excluding hydrogens is 250 g/mol. The van der Waals surface area contributed by atoms with Crippen molar-refractivity contribution < 1.29 is 4.79 Å². The highest BCUT2D eigenvalue weighted by Gasteiger charge is 2.03. The minimum Gasteiger partial charge on any atom is -0.326 e. The van der Waals surface area contributed by atoms with Gasteiger partial charge in [0, 0.05) is 37.6 Å². The number of amides is 1. The average molecular weight is 269 g/mol. The number of aromatic nitrogens is 1. The first-order valence-electron chi connectivity index (χ1n) is 6.71. The van der Waals surface area contributed by atoms with Gasteiger partial charge in [0.1, 0.15) is 0 Å². The van der Waals surface area contributed by atoms with Gasteiger partial charge in [-0.1, -0.05) is 18.2 Å². The SMILES string of the molecule is Cc1ccccc1NC(=O)CCNCc1ccncc1. The van der Waals surface area contributed by atoms with E-state index in [1.807, 2.05) is 43.3 Å². The maximum atomic E-state index is 11.8. The number of nitrogens with one attached hydrogen (secondary N) is 2. The van der Waals surface area contributed by atoms with Crippen LogP contribution < -0.4 is 10.6 Å². The van der Waals surface area contributed by atoms with E-state index in [-0.39, 0.29) is 5.91 Å². The largest absolute Gasteiger partial charge is 0.326 e. The topological polar surface area (TPSA) is 54.0 Å². The summed E-state index contributed by atoms with van der Waals surface area (Å²) in [6.07, 6.45) is 3.99. The number of anilines is 1. The molecule has 1 amide bonds. The van der Waals surface area contributed by atoms with E-state index in [4.69, 9.17) is 0 Å². The summed E-state index contributed by atoms with van der Waals surface area (Å²) in [5.74, 6) is 0.0292. The van der Waals surface area contributed by atoms with Gasteiger partial charge in [-0.05, 0) is 36.2 Å². The molecule has 2 aromatic rings. The van der Waals surface area contributed by atoms with Crippen LogP contribution in [0.15, 0.2) is 48.8 Å². The van der Waals surface area contributed by atoms with Crippen LogP contribution in [-0.2, 0) is 11.3 Å². The van der Waals surface area contributed by atoms with Crippen molar-refractivity contribution >= 4 is 11.6 Å². The number of hydrogen-bond acceptors (Lipinski definition) is 3. The van der Waals surface area contributed by atoms with E-state index in [0.717, 1.165) is 17.8 Å². The Kier molecular flexibility index (Phi) is 5.26. The van der Waals surface area contributed by atoms with E-state index in [9.17, 15) is 4.79 Å². The van der Waals surface area contributed by atoms with Crippen molar-refractivity contribution in [2.75, 3.05) is 11.9 Å². The predicted molar refractivity (Wildman–Crippen MR) is 80.4 cm³/mol. The molecule has 0 unspecified atom stereocenters. The van der Waals surface area contributed by atoms with E-state index >= 15 is 0 Å². The number of rotatable bonds is 6. The lowest BCUT2D eigenvalue weighted by atomic mass is 10.2. The van der Waals surface area contributed by atoms with Crippen LogP contribution in [0.4, 0.5) is 5.69 Å². The molecule has 0 bridgehead atoms. The zero-order chi connectivity index (χ0) is 14.2. The molecular formula is C16H19N3O. The van der Waals surface area contributed by atoms with Crippen LogP contribution in [0.1, 0.15) is 17.5 Å². The molecule has 0 aliphatic rings. The van der Waals surface area contributed by atoms with Gasteiger partial charge in [0.05, 0.1) is 0 Å². The fourth-order valence-corrected chi connectivity index (χ4v) is 1.86. The molecule has 2 N–H and O–H groups in total. The zero-order valence-electron chi connectivity index (χ0n) is 11.6. The normalized spacial score (nSPS) is 10.2. The number of carbonyl (C=O) groups is 1. The van der Waals surface area contributed by atoms with Gasteiger partial charge in [0.15, 0.2) is 0 Å². The number of hydrogen-bond donors (Lipinski definition) is 2. The maximum absolute atomic E-state index is 11.8. The Morgan fingerprint density at radius 3 is 2.65 bits per heavy atom. The first-order chi connectivity index (χ1) is 9.75. The monoisotopic (exact) mass is 269 g/mol. The Hall–Kier alpha value is -2.20. The third kappa shape index (κ3) is 4.48. The zero-order valence-corrected chi connectivity index (χ0v) is 11.6. The second-order valence-electron chi connectivity index (χ2n) is 4.65. The van der Waals surface area contributed by atoms with Crippen molar-refractivity contribution in [3.05, 3.63) is 59.9 Å². The molecule has 4 heteroatoms. The molecule has 4 nitrogen and oxygen atoms in total. The predicted octanol–water partition coefficient (Wildman–Crippen LogP) is 2.51. The van der Waals surface area contributed by atoms with Crippen LogP contribution in [0.3, 0.4) is 0 Å². The second kappa shape index (κ2) is 7.40. The van der Waals surface area contributed by atoms with Crippen molar-refractivity contribution in [2.24, 2.45) is 0 Å². The molecule has 0 fully saturated rings. The van der Waals surface area contributed by atoms with Gasteiger partial charge < -0.3 is 10.6 Å². The quantitative estimate of drug-likeness (QED) is 0.792. The minimum absolute atomic E-state index is 0.0292. The van der Waals surface area contributed by atoms with Gasteiger partial charge in [-0.2, -0.15) is 0 Å². The number of nitrogens with zero attached hydrogens (tertiary/aromatic N) is 1. The van der Waals surface area contributed by atoms with E-state index in [1.54, 1.807) is 12.4 Å². The highest BCUT2D eigenvalue weighted by molar-refractivity contribution is 5.91. The average Bonchev–Trinajstić information content (AvgIpc) is 2.47. The van der Waals surface area contributed by atoms with Crippen LogP contribution >= 0.6 is 0 Å². The molecule has 0 saturated heterocycles. The van der Waals surface area contributed by atoms with E-state index in [1.165, 1.54) is 5.56 Å². The molecule has 104 valence electrons. The van der Waals surface area contributed by atoms with Crippen LogP contribution in [-0.4, -0.2) is 17.4 Å². The van der Waals surface area contributed by atoms with Gasteiger partial charge in [0.2, 0.25) is 5.91 Å². The summed E-state index contributed by atoms with van der Waals surface area (Å²) in [4.78, 5) is 15.8. The second-order valence-corrected chi connectivity index (χ2v) is 4.65. The molecule has 0 radical (unpaired) electrons. The summed E-state index contributed by atoms with van der Waals surface area (Å²) >= 11 is 0. The summed E-state index contributed by atoms with van der Waals surface area (Å²) in [6.45, 7) is 3.39. The summed E-state index contributed by atoms with van der Waals surface area (Å²) in [5, 5.41) is 6.16. The summed E-state index contributed by atoms with van der Waals surface area (Å²) < 4.78 is 0. The maximum Gasteiger partial charge on any atom is 0.225 e. The minimum atomic E-state index is 0.0292. The van der Waals surface area contributed by atoms with Crippen molar-refractivity contribution in [3.63, 3.8) is 0 Å². The summed E-state index contributed by atoms with van der Waals surface area (Å²) in [7, 11) is 0. The number of benzene rings is 1. The lowest BCUT2D eigenvalue weighted by Gasteiger charge is -2.08. The Balaban J connectivity index is 1.69. The molecule has 0 atom stereocenters. The fourth-order valence-electron chi connectivity index (χ4n) is 1.86. The number of aryl methyl sites for hydroxylation is 1. The molecule has 0 spiro atoms. The smallest absolute Gasteiger partial charge is 0.225 e. The highest BCUT2D eigenvalue weighted by atomic mass is 16.1. The molecule has 0 aliphatic heterocycles. The van der Waals surface area contributed by atoms with Crippen LogP contribution in [0.5, 0.6) is 0 Å². The molecule has 1 aromatic heterocycles. The van der Waals surface area contributed by atoms with Crippen molar-refractivity contribution in [1.82, 2.24) is 10.3 Å². The van der Waals surface area contributed by atoms with Crippen molar-refractivity contribution in [2.45, 2.75) is 19.9 Å². The van der Waals surface area contributed by atoms with Crippen molar-refractivity contribution in [3.8, 4) is 0 Å². The van der Waals surface area contributed by atoms with E-state index in [0.29, 0.717) is 13.0 Å². The molecule has 0 saturated carbocycles. The Morgan fingerprint density at radius 1 is 1.15 bits per heavy atom. The van der Waals surface area contributed by atoms with Crippen molar-refractivity contribution in [1.29, 1.82) is 0 Å². The Bertz CT molecular complexity index is 555. The number of pyridine rings is 1. The standard InChI is InChI=1S/C16H19N3O/c1-13-4-2-3-5-15(13)19-16(20)8-11-18-12-14-6-9-17-10-7-14/h2-7,9-10,18H,8,11-12H2,1H3,(H,19,20). The van der Waals surface area contributed by atoms with Gasteiger partial charge >= 0.3 is 0 Å². The van der Waals surface area contributed by atoms with Gasteiger partial charge in [-0.15, -0.1) is 0 Å². The van der Waals surface area contributed by atoms with Crippen LogP contribution in [0, 0.1) is 6.92 Å². The first kappa shape index (κ1) is 14.2. The molecule has 1 aromatic carbocycles. The third-order valence-electron chi connectivity index (χ3n) is 3.03. The summed E-state index contributed by atoms with van der Waals surface area (Å²) in [6, 6.07) is 11.7. The van der Waals surface area contributed by atoms with Crippen LogP contribution in [0.2, 0.25) is 0 Å². The molecule has 0 aliphatic carbocycles. The molecule has 20 heavy (non-hydrogen) atoms. The molecule has 2 rings (SSSR count). The highest BCUT2D eigenvalue weighted by Crippen LogP contribution is 2.13. The lowest BCUT2D eigenvalue weighted by molar-refractivity contribution is -0.116. The Labute approximate surface area is 119 Å². The lowest BCUT2D eigenvalue weighted by Crippen LogP contribution is -2.21. The first-order valence-corrected chi connectivity index (χ1v) is 6.71. The van der Waals surface area contributed by atoms with Gasteiger partial charge in [-0.3, -0.25) is 9.78 Å². The summed E-state index contributed by atoms with van der Waals surface area (Å²) in [5.41, 5.74) is 3.12. The third-order valence-corrected chi connectivity index (χ3v) is 3.03. The van der Waals surface area contributed by atoms with Gasteiger partial charge in [0.25, 0.3) is 0 Å². The van der Waals surface area contributed by atoms with E-state index in [2.05, 4.69) is 15.6 Å². The number of carbonyl (C=O) groups excluding carboxylic acids is 1. The molecule has 1 heterocycles. The fraction of sp³-hybridized carbons (Fsp3) is 0.250. The van der Waals surface area contributed by atoms with E-state index < -0.39 is 0 Å². The van der Waals surface area contributed by atoms with Gasteiger partial charge in [-0.25, -0.2) is 0 Å². The van der Waals surface area contributed by atoms with Crippen LogP contribution in [0.25, 0.3) is 0 Å². The Morgan fingerprint density at radius 2 is 1.90 bits per heavy atom. The number of para-hydroxylation sites is 1.